The number of ether oxygens (including phenoxy) is 1. The Hall–Kier alpha value is -3.71. The van der Waals surface area contributed by atoms with Crippen molar-refractivity contribution in [3.63, 3.8) is 0 Å². The zero-order valence-corrected chi connectivity index (χ0v) is 19.6. The Morgan fingerprint density at radius 3 is 2.15 bits per heavy atom. The van der Waals surface area contributed by atoms with E-state index in [4.69, 9.17) is 4.74 Å². The van der Waals surface area contributed by atoms with Crippen molar-refractivity contribution in [3.8, 4) is 17.6 Å². The van der Waals surface area contributed by atoms with Crippen molar-refractivity contribution in [2.45, 2.75) is 45.4 Å². The smallest absolute Gasteiger partial charge is 0.166 e. The molecule has 3 rings (SSSR count). The van der Waals surface area contributed by atoms with Gasteiger partial charge in [0.05, 0.1) is 12.2 Å². The van der Waals surface area contributed by atoms with Gasteiger partial charge in [0.15, 0.2) is 11.6 Å². The summed E-state index contributed by atoms with van der Waals surface area (Å²) in [6.07, 6.45) is 7.61. The number of nitroso groups, excluding NO2 is 1. The summed E-state index contributed by atoms with van der Waals surface area (Å²) in [5.74, 6) is 5.35. The summed E-state index contributed by atoms with van der Waals surface area (Å²) in [6.45, 7) is 6.18. The molecule has 0 heterocycles. The first kappa shape index (κ1) is 24.9. The summed E-state index contributed by atoms with van der Waals surface area (Å²) in [7, 11) is 0. The highest BCUT2D eigenvalue weighted by Crippen LogP contribution is 2.28. The predicted octanol–water partition coefficient (Wildman–Crippen LogP) is 7.71. The molecule has 0 radical (unpaired) electrons. The maximum Gasteiger partial charge on any atom is 0.166 e. The standard InChI is InChI=1S/C30H30FNO2/c1-3-5-7-23-8-10-24(11-9-23)12-13-25-14-16-26(17-15-25)18-19-27-21-28(31)30(22-29(27)32-33)34-20-6-4-2/h3,8-11,14-17,21-22H,1,4-7,12-13,20H2,2H3. The molecule has 0 saturated carbocycles. The van der Waals surface area contributed by atoms with E-state index in [1.54, 1.807) is 0 Å². The molecule has 0 aliphatic rings. The summed E-state index contributed by atoms with van der Waals surface area (Å²) in [6, 6.07) is 19.3. The Labute approximate surface area is 201 Å². The van der Waals surface area contributed by atoms with Crippen molar-refractivity contribution < 1.29 is 9.13 Å². The quantitative estimate of drug-likeness (QED) is 0.129. The van der Waals surface area contributed by atoms with E-state index in [1.807, 2.05) is 37.3 Å². The van der Waals surface area contributed by atoms with E-state index < -0.39 is 5.82 Å². The van der Waals surface area contributed by atoms with Crippen LogP contribution in [-0.4, -0.2) is 6.61 Å². The summed E-state index contributed by atoms with van der Waals surface area (Å²) < 4.78 is 19.7. The van der Waals surface area contributed by atoms with Gasteiger partial charge in [0, 0.05) is 11.6 Å². The number of hydrogen-bond acceptors (Lipinski definition) is 3. The molecule has 3 aromatic carbocycles. The van der Waals surface area contributed by atoms with Gasteiger partial charge in [-0.1, -0.05) is 67.7 Å². The average molecular weight is 456 g/mol. The van der Waals surface area contributed by atoms with Crippen LogP contribution in [0.4, 0.5) is 10.1 Å². The lowest BCUT2D eigenvalue weighted by atomic mass is 10.0. The van der Waals surface area contributed by atoms with Crippen LogP contribution in [0.1, 0.15) is 54.0 Å². The van der Waals surface area contributed by atoms with Crippen molar-refractivity contribution in [2.24, 2.45) is 5.18 Å². The summed E-state index contributed by atoms with van der Waals surface area (Å²) in [5, 5.41) is 3.00. The Morgan fingerprint density at radius 2 is 1.56 bits per heavy atom. The molecular weight excluding hydrogens is 425 g/mol. The Morgan fingerprint density at radius 1 is 0.941 bits per heavy atom. The molecule has 0 atom stereocenters. The third kappa shape index (κ3) is 7.42. The minimum absolute atomic E-state index is 0.0318. The molecule has 3 aromatic rings. The maximum atomic E-state index is 14.3. The zero-order valence-electron chi connectivity index (χ0n) is 19.6. The molecule has 174 valence electrons. The van der Waals surface area contributed by atoms with E-state index in [-0.39, 0.29) is 17.0 Å². The van der Waals surface area contributed by atoms with Crippen LogP contribution < -0.4 is 4.74 Å². The number of nitrogens with zero attached hydrogens (tertiary/aromatic N) is 1. The number of rotatable bonds is 11. The fourth-order valence-corrected chi connectivity index (χ4v) is 3.48. The summed E-state index contributed by atoms with van der Waals surface area (Å²) in [5.41, 5.74) is 4.97. The molecule has 0 saturated heterocycles. The van der Waals surface area contributed by atoms with Crippen LogP contribution in [0.3, 0.4) is 0 Å². The summed E-state index contributed by atoms with van der Waals surface area (Å²) in [4.78, 5) is 11.2. The van der Waals surface area contributed by atoms with Gasteiger partial charge in [-0.05, 0) is 72.2 Å². The van der Waals surface area contributed by atoms with Crippen LogP contribution in [0.15, 0.2) is 78.5 Å². The Kier molecular flexibility index (Phi) is 9.61. The lowest BCUT2D eigenvalue weighted by Crippen LogP contribution is -1.99. The first-order chi connectivity index (χ1) is 16.6. The van der Waals surface area contributed by atoms with Crippen LogP contribution in [0.5, 0.6) is 5.75 Å². The molecule has 4 heteroatoms. The van der Waals surface area contributed by atoms with Gasteiger partial charge in [0.25, 0.3) is 0 Å². The van der Waals surface area contributed by atoms with Crippen LogP contribution in [0.2, 0.25) is 0 Å². The van der Waals surface area contributed by atoms with Gasteiger partial charge in [-0.3, -0.25) is 0 Å². The molecule has 0 aliphatic carbocycles. The molecule has 0 amide bonds. The van der Waals surface area contributed by atoms with Crippen molar-refractivity contribution in [1.82, 2.24) is 0 Å². The predicted molar refractivity (Wildman–Crippen MR) is 137 cm³/mol. The van der Waals surface area contributed by atoms with Crippen molar-refractivity contribution in [1.29, 1.82) is 0 Å². The van der Waals surface area contributed by atoms with E-state index in [9.17, 15) is 9.30 Å². The number of benzene rings is 3. The van der Waals surface area contributed by atoms with Gasteiger partial charge in [-0.2, -0.15) is 0 Å². The van der Waals surface area contributed by atoms with Crippen LogP contribution in [0, 0.1) is 22.6 Å². The van der Waals surface area contributed by atoms with Crippen molar-refractivity contribution in [3.05, 3.63) is 112 Å². The molecule has 0 spiro atoms. The van der Waals surface area contributed by atoms with E-state index in [0.717, 1.165) is 44.1 Å². The second kappa shape index (κ2) is 13.1. The zero-order chi connectivity index (χ0) is 24.2. The molecule has 0 aliphatic heterocycles. The van der Waals surface area contributed by atoms with Gasteiger partial charge in [0.2, 0.25) is 0 Å². The van der Waals surface area contributed by atoms with Gasteiger partial charge < -0.3 is 4.74 Å². The molecule has 34 heavy (non-hydrogen) atoms. The highest BCUT2D eigenvalue weighted by molar-refractivity contribution is 5.60. The van der Waals surface area contributed by atoms with E-state index in [2.05, 4.69) is 47.9 Å². The minimum Gasteiger partial charge on any atom is -0.490 e. The molecule has 0 N–H and O–H groups in total. The van der Waals surface area contributed by atoms with Crippen LogP contribution >= 0.6 is 0 Å². The molecule has 0 bridgehead atoms. The van der Waals surface area contributed by atoms with Crippen molar-refractivity contribution in [2.75, 3.05) is 6.61 Å². The third-order valence-corrected chi connectivity index (χ3v) is 5.56. The second-order valence-corrected chi connectivity index (χ2v) is 8.18. The van der Waals surface area contributed by atoms with Crippen molar-refractivity contribution >= 4 is 5.69 Å². The highest BCUT2D eigenvalue weighted by Gasteiger charge is 2.10. The lowest BCUT2D eigenvalue weighted by molar-refractivity contribution is 0.294. The second-order valence-electron chi connectivity index (χ2n) is 8.18. The van der Waals surface area contributed by atoms with Gasteiger partial charge in [-0.15, -0.1) is 11.5 Å². The van der Waals surface area contributed by atoms with Gasteiger partial charge >= 0.3 is 0 Å². The van der Waals surface area contributed by atoms with Gasteiger partial charge in [0.1, 0.15) is 5.69 Å². The SMILES string of the molecule is C=CCCc1ccc(CCc2ccc(C#Cc3cc(F)c(OCCCC)cc3N=O)cc2)cc1. The summed E-state index contributed by atoms with van der Waals surface area (Å²) >= 11 is 0. The first-order valence-corrected chi connectivity index (χ1v) is 11.7. The molecule has 0 aromatic heterocycles. The Bertz CT molecular complexity index is 1160. The average Bonchev–Trinajstić information content (AvgIpc) is 2.87. The number of hydrogen-bond donors (Lipinski definition) is 0. The highest BCUT2D eigenvalue weighted by atomic mass is 19.1. The number of allylic oxidation sites excluding steroid dienone is 1. The number of aryl methyl sites for hydroxylation is 3. The fourth-order valence-electron chi connectivity index (χ4n) is 3.48. The number of halogens is 1. The first-order valence-electron chi connectivity index (χ1n) is 11.7. The Balaban J connectivity index is 1.61. The lowest BCUT2D eigenvalue weighted by Gasteiger charge is -2.07. The molecule has 0 fully saturated rings. The van der Waals surface area contributed by atoms with E-state index >= 15 is 0 Å². The number of unbranched alkanes of at least 4 members (excludes halogenated alkanes) is 1. The monoisotopic (exact) mass is 455 g/mol. The topological polar surface area (TPSA) is 38.7 Å². The molecular formula is C30H30FNO2. The third-order valence-electron chi connectivity index (χ3n) is 5.56. The maximum absolute atomic E-state index is 14.3. The van der Waals surface area contributed by atoms with Crippen LogP contribution in [0.25, 0.3) is 0 Å². The molecule has 0 unspecified atom stereocenters. The fraction of sp³-hybridized carbons (Fsp3) is 0.267. The van der Waals surface area contributed by atoms with Gasteiger partial charge in [-0.25, -0.2) is 4.39 Å². The van der Waals surface area contributed by atoms with Crippen LogP contribution in [-0.2, 0) is 19.3 Å². The normalized spacial score (nSPS) is 10.3. The van der Waals surface area contributed by atoms with E-state index in [1.165, 1.54) is 28.8 Å². The minimum atomic E-state index is -0.545. The largest absolute Gasteiger partial charge is 0.490 e. The van der Waals surface area contributed by atoms with E-state index in [0.29, 0.717) is 6.61 Å². The molecule has 3 nitrogen and oxygen atoms in total.